The molecule has 0 radical (unpaired) electrons. The van der Waals surface area contributed by atoms with Gasteiger partial charge in [0.2, 0.25) is 0 Å². The average molecular weight is 282 g/mol. The molecule has 0 aliphatic heterocycles. The summed E-state index contributed by atoms with van der Waals surface area (Å²) in [5.74, 6) is 0. The Kier molecular flexibility index (Phi) is 16.5. The van der Waals surface area contributed by atoms with Crippen molar-refractivity contribution in [3.05, 3.63) is 12.2 Å². The molecule has 0 aliphatic rings. The third kappa shape index (κ3) is 17.7. The Labute approximate surface area is 128 Å². The van der Waals surface area contributed by atoms with Gasteiger partial charge in [-0.15, -0.1) is 0 Å². The molecule has 0 fully saturated rings. The van der Waals surface area contributed by atoms with Gasteiger partial charge in [-0.25, -0.2) is 0 Å². The molecular weight excluding hydrogens is 242 g/mol. The van der Waals surface area contributed by atoms with Crippen LogP contribution in [0.25, 0.3) is 0 Å². The molecule has 0 aromatic heterocycles. The average Bonchev–Trinajstić information content (AvgIpc) is 2.43. The lowest BCUT2D eigenvalue weighted by Gasteiger charge is -2.04. The Bertz CT molecular complexity index is 196. The number of unbranched alkanes of at least 4 members (excludes halogenated alkanes) is 10. The van der Waals surface area contributed by atoms with E-state index in [1.807, 2.05) is 0 Å². The molecule has 0 atom stereocenters. The molecule has 0 aromatic carbocycles. The number of hydrogen-bond acceptors (Lipinski definition) is 1. The maximum Gasteiger partial charge on any atom is 0.00105 e. The first kappa shape index (κ1) is 19.7. The first-order chi connectivity index (χ1) is 9.77. The summed E-state index contributed by atoms with van der Waals surface area (Å²) in [6.07, 6.45) is 21.5. The molecule has 0 aliphatic carbocycles. The Balaban J connectivity index is 3.03. The van der Waals surface area contributed by atoms with Crippen molar-refractivity contribution >= 4 is 0 Å². The third-order valence-corrected chi connectivity index (χ3v) is 3.75. The van der Waals surface area contributed by atoms with E-state index in [1.165, 1.54) is 77.0 Å². The highest BCUT2D eigenvalue weighted by atomic mass is 14.9. The molecule has 0 heterocycles. The number of hydrogen-bond donors (Lipinski definition) is 1. The van der Waals surface area contributed by atoms with Crippen molar-refractivity contribution in [1.82, 2.24) is 5.32 Å². The molecular formula is C19H39N. The van der Waals surface area contributed by atoms with Crippen molar-refractivity contribution in [1.29, 1.82) is 0 Å². The zero-order valence-electron chi connectivity index (χ0n) is 14.4. The first-order valence-electron chi connectivity index (χ1n) is 9.15. The summed E-state index contributed by atoms with van der Waals surface area (Å²) >= 11 is 0. The Morgan fingerprint density at radius 1 is 0.700 bits per heavy atom. The molecule has 120 valence electrons. The van der Waals surface area contributed by atoms with Gasteiger partial charge in [-0.1, -0.05) is 90.7 Å². The lowest BCUT2D eigenvalue weighted by molar-refractivity contribution is 0.557. The smallest absolute Gasteiger partial charge is 0.00105 e. The van der Waals surface area contributed by atoms with Crippen LogP contribution in [0.1, 0.15) is 97.8 Å². The number of allylic oxidation sites excluding steroid dienone is 1. The van der Waals surface area contributed by atoms with E-state index >= 15 is 0 Å². The Hall–Kier alpha value is -0.300. The summed E-state index contributed by atoms with van der Waals surface area (Å²) in [6, 6.07) is 0.616. The molecule has 20 heavy (non-hydrogen) atoms. The highest BCUT2D eigenvalue weighted by Crippen LogP contribution is 2.11. The van der Waals surface area contributed by atoms with Crippen LogP contribution >= 0.6 is 0 Å². The molecule has 0 aromatic rings. The third-order valence-electron chi connectivity index (χ3n) is 3.75. The summed E-state index contributed by atoms with van der Waals surface area (Å²) < 4.78 is 0. The van der Waals surface area contributed by atoms with Crippen molar-refractivity contribution in [2.24, 2.45) is 0 Å². The van der Waals surface area contributed by atoms with E-state index in [-0.39, 0.29) is 0 Å². The molecule has 0 saturated carbocycles. The topological polar surface area (TPSA) is 12.0 Å². The second-order valence-corrected chi connectivity index (χ2v) is 6.34. The minimum absolute atomic E-state index is 0.616. The number of rotatable bonds is 15. The molecule has 0 unspecified atom stereocenters. The van der Waals surface area contributed by atoms with E-state index in [0.717, 1.165) is 6.54 Å². The van der Waals surface area contributed by atoms with Crippen molar-refractivity contribution < 1.29 is 0 Å². The molecule has 0 saturated heterocycles. The molecule has 1 heteroatoms. The largest absolute Gasteiger partial charge is 0.314 e. The second-order valence-electron chi connectivity index (χ2n) is 6.34. The predicted octanol–water partition coefficient (Wildman–Crippen LogP) is 6.24. The van der Waals surface area contributed by atoms with Crippen LogP contribution in [0.3, 0.4) is 0 Å². The van der Waals surface area contributed by atoms with Gasteiger partial charge >= 0.3 is 0 Å². The van der Waals surface area contributed by atoms with Crippen molar-refractivity contribution in [3.8, 4) is 0 Å². The molecule has 1 N–H and O–H groups in total. The van der Waals surface area contributed by atoms with Gasteiger partial charge < -0.3 is 5.32 Å². The minimum atomic E-state index is 0.616. The van der Waals surface area contributed by atoms with Gasteiger partial charge in [-0.05, 0) is 25.8 Å². The van der Waals surface area contributed by atoms with Crippen LogP contribution in [0.15, 0.2) is 12.2 Å². The summed E-state index contributed by atoms with van der Waals surface area (Å²) in [5, 5.41) is 3.44. The van der Waals surface area contributed by atoms with Gasteiger partial charge in [0.25, 0.3) is 0 Å². The Morgan fingerprint density at radius 2 is 1.20 bits per heavy atom. The van der Waals surface area contributed by atoms with Crippen molar-refractivity contribution in [2.75, 3.05) is 6.54 Å². The zero-order valence-corrected chi connectivity index (χ0v) is 14.4. The van der Waals surface area contributed by atoms with E-state index in [1.54, 1.807) is 0 Å². The first-order valence-corrected chi connectivity index (χ1v) is 9.15. The normalized spacial score (nSPS) is 11.8. The van der Waals surface area contributed by atoms with Crippen LogP contribution in [0.4, 0.5) is 0 Å². The maximum atomic E-state index is 3.44. The summed E-state index contributed by atoms with van der Waals surface area (Å²) in [5.41, 5.74) is 0. The van der Waals surface area contributed by atoms with E-state index in [0.29, 0.717) is 6.04 Å². The quantitative estimate of drug-likeness (QED) is 0.277. The second kappa shape index (κ2) is 16.8. The van der Waals surface area contributed by atoms with E-state index in [2.05, 4.69) is 38.2 Å². The van der Waals surface area contributed by atoms with Crippen LogP contribution in [0.5, 0.6) is 0 Å². The molecule has 0 rings (SSSR count). The van der Waals surface area contributed by atoms with Crippen LogP contribution in [0, 0.1) is 0 Å². The zero-order chi connectivity index (χ0) is 14.9. The van der Waals surface area contributed by atoms with Crippen molar-refractivity contribution in [3.63, 3.8) is 0 Å². The van der Waals surface area contributed by atoms with Gasteiger partial charge in [-0.3, -0.25) is 0 Å². The van der Waals surface area contributed by atoms with E-state index in [4.69, 9.17) is 0 Å². The number of nitrogens with one attached hydrogen (secondary N) is 1. The highest BCUT2D eigenvalue weighted by molar-refractivity contribution is 4.82. The minimum Gasteiger partial charge on any atom is -0.314 e. The summed E-state index contributed by atoms with van der Waals surface area (Å²) in [6.45, 7) is 7.81. The van der Waals surface area contributed by atoms with Gasteiger partial charge in [0.05, 0.1) is 0 Å². The molecule has 1 nitrogen and oxygen atoms in total. The van der Waals surface area contributed by atoms with Gasteiger partial charge in [-0.2, -0.15) is 0 Å². The SMILES string of the molecule is CCCCCCCCCCCCC=CCCNC(C)C. The standard InChI is InChI=1S/C19H39N/c1-4-5-6-7-8-9-10-11-12-13-14-15-16-17-18-20-19(2)3/h15-16,19-20H,4-14,17-18H2,1-3H3. The highest BCUT2D eigenvalue weighted by Gasteiger charge is 1.92. The fourth-order valence-electron chi connectivity index (χ4n) is 2.44. The van der Waals surface area contributed by atoms with E-state index in [9.17, 15) is 0 Å². The predicted molar refractivity (Wildman–Crippen MR) is 93.4 cm³/mol. The van der Waals surface area contributed by atoms with E-state index < -0.39 is 0 Å². The molecule has 0 bridgehead atoms. The monoisotopic (exact) mass is 281 g/mol. The van der Waals surface area contributed by atoms with Crippen LogP contribution in [-0.4, -0.2) is 12.6 Å². The van der Waals surface area contributed by atoms with Crippen LogP contribution in [-0.2, 0) is 0 Å². The lowest BCUT2D eigenvalue weighted by Crippen LogP contribution is -2.23. The maximum absolute atomic E-state index is 3.44. The fourth-order valence-corrected chi connectivity index (χ4v) is 2.44. The fraction of sp³-hybridized carbons (Fsp3) is 0.895. The van der Waals surface area contributed by atoms with Crippen LogP contribution < -0.4 is 5.32 Å². The molecule has 0 spiro atoms. The van der Waals surface area contributed by atoms with Gasteiger partial charge in [0.15, 0.2) is 0 Å². The van der Waals surface area contributed by atoms with Crippen molar-refractivity contribution in [2.45, 2.75) is 104 Å². The lowest BCUT2D eigenvalue weighted by atomic mass is 10.1. The summed E-state index contributed by atoms with van der Waals surface area (Å²) in [7, 11) is 0. The van der Waals surface area contributed by atoms with Gasteiger partial charge in [0.1, 0.15) is 0 Å². The summed E-state index contributed by atoms with van der Waals surface area (Å²) in [4.78, 5) is 0. The van der Waals surface area contributed by atoms with Crippen LogP contribution in [0.2, 0.25) is 0 Å². The Morgan fingerprint density at radius 3 is 1.75 bits per heavy atom. The molecule has 0 amide bonds. The van der Waals surface area contributed by atoms with Gasteiger partial charge in [0, 0.05) is 6.04 Å².